The summed E-state index contributed by atoms with van der Waals surface area (Å²) in [4.78, 5) is 0. The van der Waals surface area contributed by atoms with Crippen LogP contribution >= 0.6 is 12.6 Å². The molecule has 0 spiro atoms. The molecular weight excluding hydrogens is 176 g/mol. The van der Waals surface area contributed by atoms with Crippen LogP contribution in [0.2, 0.25) is 0 Å². The molecular formula is C12H18S. The first-order valence-corrected chi connectivity index (χ1v) is 5.54. The first kappa shape index (κ1) is 10.6. The second-order valence-corrected chi connectivity index (χ2v) is 4.34. The Balaban J connectivity index is 2.59. The van der Waals surface area contributed by atoms with Crippen molar-refractivity contribution in [2.45, 2.75) is 26.7 Å². The smallest absolute Gasteiger partial charge is 0.00574 e. The topological polar surface area (TPSA) is 0 Å². The molecule has 1 rings (SSSR count). The van der Waals surface area contributed by atoms with E-state index in [9.17, 15) is 0 Å². The molecule has 0 saturated carbocycles. The molecule has 0 amide bonds. The lowest BCUT2D eigenvalue weighted by Crippen LogP contribution is -1.94. The Hall–Kier alpha value is -0.430. The molecule has 0 heterocycles. The SMILES string of the molecule is CC(C)Cc1ccc(CCS)cc1. The highest BCUT2D eigenvalue weighted by Crippen LogP contribution is 2.10. The minimum atomic E-state index is 0.746. The summed E-state index contributed by atoms with van der Waals surface area (Å²) in [6.45, 7) is 4.50. The van der Waals surface area contributed by atoms with E-state index in [0.717, 1.165) is 18.1 Å². The van der Waals surface area contributed by atoms with Crippen LogP contribution in [0.15, 0.2) is 24.3 Å². The van der Waals surface area contributed by atoms with Crippen LogP contribution in [0.3, 0.4) is 0 Å². The van der Waals surface area contributed by atoms with E-state index in [0.29, 0.717) is 0 Å². The molecule has 1 aromatic carbocycles. The number of benzene rings is 1. The van der Waals surface area contributed by atoms with Crippen molar-refractivity contribution in [1.29, 1.82) is 0 Å². The third kappa shape index (κ3) is 3.86. The summed E-state index contributed by atoms with van der Waals surface area (Å²) in [6.07, 6.45) is 2.26. The normalized spacial score (nSPS) is 10.8. The van der Waals surface area contributed by atoms with Gasteiger partial charge in [0, 0.05) is 0 Å². The van der Waals surface area contributed by atoms with Gasteiger partial charge in [0.25, 0.3) is 0 Å². The average molecular weight is 194 g/mol. The van der Waals surface area contributed by atoms with Crippen LogP contribution in [0, 0.1) is 5.92 Å². The number of hydrogen-bond acceptors (Lipinski definition) is 1. The molecule has 0 N–H and O–H groups in total. The Labute approximate surface area is 86.8 Å². The van der Waals surface area contributed by atoms with Crippen molar-refractivity contribution in [3.05, 3.63) is 35.4 Å². The molecule has 13 heavy (non-hydrogen) atoms. The number of rotatable bonds is 4. The fourth-order valence-electron chi connectivity index (χ4n) is 1.44. The summed E-state index contributed by atoms with van der Waals surface area (Å²) in [5.74, 6) is 1.68. The van der Waals surface area contributed by atoms with Crippen molar-refractivity contribution in [3.8, 4) is 0 Å². The van der Waals surface area contributed by atoms with Gasteiger partial charge < -0.3 is 0 Å². The molecule has 0 nitrogen and oxygen atoms in total. The molecule has 0 aliphatic rings. The highest BCUT2D eigenvalue weighted by Gasteiger charge is 1.97. The molecule has 0 unspecified atom stereocenters. The fraction of sp³-hybridized carbons (Fsp3) is 0.500. The molecule has 1 aromatic rings. The van der Waals surface area contributed by atoms with Crippen LogP contribution in [0.5, 0.6) is 0 Å². The van der Waals surface area contributed by atoms with Gasteiger partial charge in [-0.3, -0.25) is 0 Å². The van der Waals surface area contributed by atoms with Gasteiger partial charge in [0.1, 0.15) is 0 Å². The van der Waals surface area contributed by atoms with Crippen LogP contribution in [0.25, 0.3) is 0 Å². The van der Waals surface area contributed by atoms with Gasteiger partial charge in [0.15, 0.2) is 0 Å². The van der Waals surface area contributed by atoms with Gasteiger partial charge in [0.05, 0.1) is 0 Å². The standard InChI is InChI=1S/C12H18S/c1-10(2)9-12-5-3-11(4-6-12)7-8-13/h3-6,10,13H,7-9H2,1-2H3. The van der Waals surface area contributed by atoms with Crippen molar-refractivity contribution >= 4 is 12.6 Å². The van der Waals surface area contributed by atoms with Gasteiger partial charge >= 0.3 is 0 Å². The van der Waals surface area contributed by atoms with E-state index < -0.39 is 0 Å². The minimum absolute atomic E-state index is 0.746. The highest BCUT2D eigenvalue weighted by molar-refractivity contribution is 7.80. The molecule has 0 aromatic heterocycles. The van der Waals surface area contributed by atoms with E-state index in [-0.39, 0.29) is 0 Å². The van der Waals surface area contributed by atoms with E-state index >= 15 is 0 Å². The predicted molar refractivity (Wildman–Crippen MR) is 62.5 cm³/mol. The molecule has 72 valence electrons. The molecule has 0 aliphatic heterocycles. The van der Waals surface area contributed by atoms with Crippen molar-refractivity contribution in [2.75, 3.05) is 5.75 Å². The van der Waals surface area contributed by atoms with Crippen molar-refractivity contribution in [3.63, 3.8) is 0 Å². The summed E-state index contributed by atoms with van der Waals surface area (Å²) in [5.41, 5.74) is 2.83. The second-order valence-electron chi connectivity index (χ2n) is 3.89. The van der Waals surface area contributed by atoms with Gasteiger partial charge in [-0.1, -0.05) is 38.1 Å². The van der Waals surface area contributed by atoms with Gasteiger partial charge in [0.2, 0.25) is 0 Å². The molecule has 0 fully saturated rings. The van der Waals surface area contributed by atoms with E-state index in [2.05, 4.69) is 50.7 Å². The molecule has 0 bridgehead atoms. The van der Waals surface area contributed by atoms with Crippen molar-refractivity contribution in [1.82, 2.24) is 0 Å². The van der Waals surface area contributed by atoms with E-state index in [4.69, 9.17) is 0 Å². The van der Waals surface area contributed by atoms with E-state index in [1.807, 2.05) is 0 Å². The maximum atomic E-state index is 4.21. The van der Waals surface area contributed by atoms with Gasteiger partial charge in [-0.25, -0.2) is 0 Å². The van der Waals surface area contributed by atoms with E-state index in [1.54, 1.807) is 0 Å². The fourth-order valence-corrected chi connectivity index (χ4v) is 1.70. The third-order valence-corrected chi connectivity index (χ3v) is 2.29. The van der Waals surface area contributed by atoms with Crippen LogP contribution in [0.1, 0.15) is 25.0 Å². The molecule has 0 aliphatic carbocycles. The summed E-state index contributed by atoms with van der Waals surface area (Å²) >= 11 is 4.21. The Morgan fingerprint density at radius 3 is 2.08 bits per heavy atom. The van der Waals surface area contributed by atoms with Gasteiger partial charge in [-0.2, -0.15) is 12.6 Å². The quantitative estimate of drug-likeness (QED) is 0.698. The Kier molecular flexibility index (Phi) is 4.37. The zero-order valence-electron chi connectivity index (χ0n) is 8.46. The zero-order chi connectivity index (χ0) is 9.68. The maximum Gasteiger partial charge on any atom is -0.00574 e. The Morgan fingerprint density at radius 1 is 1.08 bits per heavy atom. The minimum Gasteiger partial charge on any atom is -0.179 e. The van der Waals surface area contributed by atoms with Crippen LogP contribution in [-0.4, -0.2) is 5.75 Å². The lowest BCUT2D eigenvalue weighted by atomic mass is 10.0. The lowest BCUT2D eigenvalue weighted by Gasteiger charge is -2.05. The first-order valence-electron chi connectivity index (χ1n) is 4.91. The van der Waals surface area contributed by atoms with Crippen LogP contribution < -0.4 is 0 Å². The molecule has 1 heteroatoms. The van der Waals surface area contributed by atoms with Crippen LogP contribution in [-0.2, 0) is 12.8 Å². The summed E-state index contributed by atoms with van der Waals surface area (Å²) in [7, 11) is 0. The molecule has 0 saturated heterocycles. The number of hydrogen-bond donors (Lipinski definition) is 1. The molecule has 0 radical (unpaired) electrons. The Bertz CT molecular complexity index is 236. The zero-order valence-corrected chi connectivity index (χ0v) is 9.35. The van der Waals surface area contributed by atoms with Crippen molar-refractivity contribution in [2.24, 2.45) is 5.92 Å². The molecule has 0 atom stereocenters. The summed E-state index contributed by atoms with van der Waals surface area (Å²) < 4.78 is 0. The highest BCUT2D eigenvalue weighted by atomic mass is 32.1. The summed E-state index contributed by atoms with van der Waals surface area (Å²) in [6, 6.07) is 8.90. The van der Waals surface area contributed by atoms with Crippen molar-refractivity contribution < 1.29 is 0 Å². The summed E-state index contributed by atoms with van der Waals surface area (Å²) in [5, 5.41) is 0. The maximum absolute atomic E-state index is 4.21. The second kappa shape index (κ2) is 5.33. The van der Waals surface area contributed by atoms with E-state index in [1.165, 1.54) is 17.5 Å². The third-order valence-electron chi connectivity index (χ3n) is 2.07. The van der Waals surface area contributed by atoms with Gasteiger partial charge in [-0.05, 0) is 35.6 Å². The van der Waals surface area contributed by atoms with Crippen LogP contribution in [0.4, 0.5) is 0 Å². The number of aryl methyl sites for hydroxylation is 1. The monoisotopic (exact) mass is 194 g/mol. The largest absolute Gasteiger partial charge is 0.179 e. The Morgan fingerprint density at radius 2 is 1.62 bits per heavy atom. The average Bonchev–Trinajstić information content (AvgIpc) is 2.08. The van der Waals surface area contributed by atoms with Gasteiger partial charge in [-0.15, -0.1) is 0 Å². The lowest BCUT2D eigenvalue weighted by molar-refractivity contribution is 0.647. The predicted octanol–water partition coefficient (Wildman–Crippen LogP) is 3.36. The first-order chi connectivity index (χ1) is 6.22. The number of thiol groups is 1.